The van der Waals surface area contributed by atoms with Crippen LogP contribution < -0.4 is 14.8 Å². The fourth-order valence-electron chi connectivity index (χ4n) is 4.06. The van der Waals surface area contributed by atoms with Crippen LogP contribution in [0.15, 0.2) is 36.7 Å². The SMILES string of the molecule is COc1cnc(Cl)cc1-c1cc(C)ncc1C(=O)Nc1nc2c(s1)CN(C(=O)c1ccc(Cl)nc1OC)C2. The molecule has 0 spiro atoms. The van der Waals surface area contributed by atoms with Gasteiger partial charge in [-0.25, -0.2) is 15.0 Å². The number of nitrogens with zero attached hydrogens (tertiary/aromatic N) is 5. The van der Waals surface area contributed by atoms with Crippen molar-refractivity contribution in [1.82, 2.24) is 24.8 Å². The highest BCUT2D eigenvalue weighted by Crippen LogP contribution is 2.36. The van der Waals surface area contributed by atoms with E-state index in [1.807, 2.05) is 6.92 Å². The van der Waals surface area contributed by atoms with Gasteiger partial charge in [0.25, 0.3) is 11.8 Å². The zero-order valence-corrected chi connectivity index (χ0v) is 22.7. The third-order valence-electron chi connectivity index (χ3n) is 5.84. The lowest BCUT2D eigenvalue weighted by molar-refractivity contribution is 0.0746. The Bertz CT molecular complexity index is 1550. The standard InChI is InChI=1S/C25H20Cl2N6O4S/c1-12-6-14(15-7-21(27)29-9-18(15)36-2)16(8-28-12)22(34)32-25-30-17-10-33(11-19(17)38-25)24(35)13-4-5-20(26)31-23(13)37-3/h4-9H,10-11H2,1-3H3,(H,30,32,34). The molecule has 0 aromatic carbocycles. The van der Waals surface area contributed by atoms with E-state index in [9.17, 15) is 9.59 Å². The number of nitrogens with one attached hydrogen (secondary N) is 1. The summed E-state index contributed by atoms with van der Waals surface area (Å²) in [4.78, 5) is 45.9. The van der Waals surface area contributed by atoms with E-state index in [1.54, 1.807) is 29.2 Å². The normalized spacial score (nSPS) is 12.3. The Morgan fingerprint density at radius 1 is 0.974 bits per heavy atom. The highest BCUT2D eigenvalue weighted by molar-refractivity contribution is 7.16. The summed E-state index contributed by atoms with van der Waals surface area (Å²) in [5.41, 5.74) is 3.28. The maximum atomic E-state index is 13.3. The highest BCUT2D eigenvalue weighted by Gasteiger charge is 2.30. The number of anilines is 1. The highest BCUT2D eigenvalue weighted by atomic mass is 35.5. The first-order valence-electron chi connectivity index (χ1n) is 11.2. The number of halogens is 2. The number of aryl methyl sites for hydroxylation is 1. The van der Waals surface area contributed by atoms with Crippen LogP contribution in [0.4, 0.5) is 5.13 Å². The van der Waals surface area contributed by atoms with Crippen molar-refractivity contribution in [2.24, 2.45) is 0 Å². The topological polar surface area (TPSA) is 119 Å². The number of amides is 2. The largest absolute Gasteiger partial charge is 0.494 e. The molecule has 5 rings (SSSR count). The van der Waals surface area contributed by atoms with Crippen LogP contribution in [-0.4, -0.2) is 50.9 Å². The molecule has 0 saturated carbocycles. The van der Waals surface area contributed by atoms with Gasteiger partial charge >= 0.3 is 0 Å². The summed E-state index contributed by atoms with van der Waals surface area (Å²) in [7, 11) is 2.95. The average molecular weight is 571 g/mol. The molecule has 0 radical (unpaired) electrons. The molecule has 4 aromatic rings. The molecule has 0 aliphatic carbocycles. The van der Waals surface area contributed by atoms with E-state index in [-0.39, 0.29) is 34.5 Å². The average Bonchev–Trinajstić information content (AvgIpc) is 3.47. The van der Waals surface area contributed by atoms with Gasteiger partial charge in [-0.05, 0) is 31.2 Å². The fraction of sp³-hybridized carbons (Fsp3) is 0.200. The number of ether oxygens (including phenoxy) is 2. The summed E-state index contributed by atoms with van der Waals surface area (Å²) >= 11 is 13.4. The van der Waals surface area contributed by atoms with Crippen LogP contribution in [0.1, 0.15) is 37.0 Å². The monoisotopic (exact) mass is 570 g/mol. The van der Waals surface area contributed by atoms with E-state index >= 15 is 0 Å². The molecule has 10 nitrogen and oxygen atoms in total. The minimum atomic E-state index is -0.389. The van der Waals surface area contributed by atoms with Crippen molar-refractivity contribution in [2.45, 2.75) is 20.0 Å². The fourth-order valence-corrected chi connectivity index (χ4v) is 5.34. The predicted molar refractivity (Wildman–Crippen MR) is 143 cm³/mol. The van der Waals surface area contributed by atoms with Crippen LogP contribution in [0.5, 0.6) is 11.6 Å². The van der Waals surface area contributed by atoms with Crippen molar-refractivity contribution in [1.29, 1.82) is 0 Å². The van der Waals surface area contributed by atoms with Gasteiger partial charge in [-0.1, -0.05) is 34.5 Å². The number of aromatic nitrogens is 4. The van der Waals surface area contributed by atoms with Crippen molar-refractivity contribution in [3.63, 3.8) is 0 Å². The minimum absolute atomic E-state index is 0.160. The van der Waals surface area contributed by atoms with E-state index < -0.39 is 0 Å². The van der Waals surface area contributed by atoms with E-state index in [0.29, 0.717) is 45.4 Å². The van der Waals surface area contributed by atoms with Gasteiger partial charge in [0.05, 0.1) is 49.6 Å². The van der Waals surface area contributed by atoms with Crippen molar-refractivity contribution in [2.75, 3.05) is 19.5 Å². The molecular formula is C25H20Cl2N6O4S. The second-order valence-electron chi connectivity index (χ2n) is 8.27. The number of hydrogen-bond donors (Lipinski definition) is 1. The lowest BCUT2D eigenvalue weighted by atomic mass is 10.0. The van der Waals surface area contributed by atoms with Crippen LogP contribution >= 0.6 is 34.5 Å². The molecule has 0 bridgehead atoms. The van der Waals surface area contributed by atoms with Gasteiger partial charge in [0.1, 0.15) is 21.6 Å². The van der Waals surface area contributed by atoms with E-state index in [1.165, 1.54) is 38.0 Å². The van der Waals surface area contributed by atoms with Crippen molar-refractivity contribution in [3.05, 3.63) is 74.4 Å². The van der Waals surface area contributed by atoms with Crippen LogP contribution in [0.25, 0.3) is 11.1 Å². The van der Waals surface area contributed by atoms with Gasteiger partial charge in [-0.3, -0.25) is 19.9 Å². The Hall–Kier alpha value is -3.80. The number of pyridine rings is 3. The third-order valence-corrected chi connectivity index (χ3v) is 7.26. The van der Waals surface area contributed by atoms with Crippen molar-refractivity contribution in [3.8, 4) is 22.8 Å². The molecule has 13 heteroatoms. The van der Waals surface area contributed by atoms with E-state index in [2.05, 4.69) is 25.3 Å². The molecule has 38 heavy (non-hydrogen) atoms. The van der Waals surface area contributed by atoms with Crippen LogP contribution in [0.3, 0.4) is 0 Å². The van der Waals surface area contributed by atoms with Crippen molar-refractivity contribution < 1.29 is 19.1 Å². The Morgan fingerprint density at radius 3 is 2.53 bits per heavy atom. The number of methoxy groups -OCH3 is 2. The predicted octanol–water partition coefficient (Wildman–Crippen LogP) is 5.04. The molecule has 0 fully saturated rings. The lowest BCUT2D eigenvalue weighted by Gasteiger charge is -2.17. The molecule has 1 aliphatic heterocycles. The molecule has 0 unspecified atom stereocenters. The zero-order valence-electron chi connectivity index (χ0n) is 20.4. The summed E-state index contributed by atoms with van der Waals surface area (Å²) in [6.45, 7) is 2.46. The number of thiazole rings is 1. The Balaban J connectivity index is 1.35. The summed E-state index contributed by atoms with van der Waals surface area (Å²) in [5.74, 6) is -0.00482. The molecule has 2 amide bonds. The van der Waals surface area contributed by atoms with Crippen molar-refractivity contribution >= 4 is 51.5 Å². The molecule has 0 atom stereocenters. The summed E-state index contributed by atoms with van der Waals surface area (Å²) < 4.78 is 10.6. The van der Waals surface area contributed by atoms with Gasteiger partial charge < -0.3 is 14.4 Å². The molecule has 1 N–H and O–H groups in total. The first-order chi connectivity index (χ1) is 18.3. The van der Waals surface area contributed by atoms with Gasteiger partial charge in [-0.15, -0.1) is 0 Å². The molecular weight excluding hydrogens is 551 g/mol. The maximum absolute atomic E-state index is 13.3. The number of hydrogen-bond acceptors (Lipinski definition) is 9. The number of fused-ring (bicyclic) bond motifs is 1. The lowest BCUT2D eigenvalue weighted by Crippen LogP contribution is -2.26. The minimum Gasteiger partial charge on any atom is -0.494 e. The number of carbonyl (C=O) groups excluding carboxylic acids is 2. The molecule has 5 heterocycles. The molecule has 4 aromatic heterocycles. The van der Waals surface area contributed by atoms with Gasteiger partial charge in [0.2, 0.25) is 5.88 Å². The molecule has 1 aliphatic rings. The number of carbonyl (C=O) groups is 2. The zero-order chi connectivity index (χ0) is 27.0. The second-order valence-corrected chi connectivity index (χ2v) is 10.1. The molecule has 194 valence electrons. The van der Waals surface area contributed by atoms with Gasteiger partial charge in [-0.2, -0.15) is 0 Å². The summed E-state index contributed by atoms with van der Waals surface area (Å²) in [6, 6.07) is 6.55. The number of rotatable bonds is 6. The van der Waals surface area contributed by atoms with Gasteiger partial charge in [0.15, 0.2) is 5.13 Å². The third kappa shape index (κ3) is 5.00. The summed E-state index contributed by atoms with van der Waals surface area (Å²) in [5, 5.41) is 3.78. The van der Waals surface area contributed by atoms with Crippen LogP contribution in [0, 0.1) is 6.92 Å². The molecule has 0 saturated heterocycles. The first kappa shape index (κ1) is 25.8. The Morgan fingerprint density at radius 2 is 1.79 bits per heavy atom. The van der Waals surface area contributed by atoms with Gasteiger partial charge in [0, 0.05) is 23.0 Å². The van der Waals surface area contributed by atoms with Crippen LogP contribution in [-0.2, 0) is 13.1 Å². The summed E-state index contributed by atoms with van der Waals surface area (Å²) in [6.07, 6.45) is 3.01. The quantitative estimate of drug-likeness (QED) is 0.320. The van der Waals surface area contributed by atoms with Crippen LogP contribution in [0.2, 0.25) is 10.3 Å². The van der Waals surface area contributed by atoms with E-state index in [0.717, 1.165) is 10.6 Å². The first-order valence-corrected chi connectivity index (χ1v) is 12.8. The second kappa shape index (κ2) is 10.5. The Labute approximate surface area is 231 Å². The maximum Gasteiger partial charge on any atom is 0.260 e. The smallest absolute Gasteiger partial charge is 0.260 e. The Kier molecular flexibility index (Phi) is 7.15. The van der Waals surface area contributed by atoms with E-state index in [4.69, 9.17) is 32.7 Å².